The standard InChI is InChI=1S/C23H13Cl2F3N2O2/c24-13-9-10-19(18(25)11-13)29-12-16-14-5-1-2-6-15(14)21(31)30(22(16)32)20-8-4-3-7-17(20)23(26,27)28/h1-12,32H. The molecule has 0 amide bonds. The lowest BCUT2D eigenvalue weighted by Crippen LogP contribution is -2.23. The SMILES string of the molecule is O=c1c2ccccc2c(C=Nc2ccc(Cl)cc2Cl)c(O)n1-c1ccccc1C(F)(F)F. The highest BCUT2D eigenvalue weighted by molar-refractivity contribution is 6.36. The number of pyridine rings is 1. The average molecular weight is 477 g/mol. The van der Waals surface area contributed by atoms with Crippen LogP contribution in [0.25, 0.3) is 16.5 Å². The summed E-state index contributed by atoms with van der Waals surface area (Å²) < 4.78 is 41.5. The minimum absolute atomic E-state index is 0.0585. The quantitative estimate of drug-likeness (QED) is 0.331. The molecule has 0 unspecified atom stereocenters. The summed E-state index contributed by atoms with van der Waals surface area (Å²) in [6, 6.07) is 15.4. The topological polar surface area (TPSA) is 54.6 Å². The van der Waals surface area contributed by atoms with Gasteiger partial charge in [0.05, 0.1) is 27.5 Å². The van der Waals surface area contributed by atoms with Crippen molar-refractivity contribution in [2.45, 2.75) is 6.18 Å². The third-order valence-corrected chi connectivity index (χ3v) is 5.33. The Labute approximate surface area is 189 Å². The van der Waals surface area contributed by atoms with E-state index < -0.39 is 28.9 Å². The van der Waals surface area contributed by atoms with Crippen LogP contribution in [0.4, 0.5) is 18.9 Å². The monoisotopic (exact) mass is 476 g/mol. The Kier molecular flexibility index (Phi) is 5.71. The molecule has 0 spiro atoms. The van der Waals surface area contributed by atoms with E-state index in [4.69, 9.17) is 23.2 Å². The zero-order chi connectivity index (χ0) is 23.0. The fourth-order valence-corrected chi connectivity index (χ4v) is 3.80. The van der Waals surface area contributed by atoms with E-state index in [0.29, 0.717) is 20.7 Å². The maximum atomic E-state index is 13.6. The molecule has 32 heavy (non-hydrogen) atoms. The molecule has 0 bridgehead atoms. The fourth-order valence-electron chi connectivity index (χ4n) is 3.34. The smallest absolute Gasteiger partial charge is 0.418 e. The average Bonchev–Trinajstić information content (AvgIpc) is 2.74. The lowest BCUT2D eigenvalue weighted by molar-refractivity contribution is -0.137. The van der Waals surface area contributed by atoms with Crippen LogP contribution in [0, 0.1) is 0 Å². The number of aromatic hydroxyl groups is 1. The van der Waals surface area contributed by atoms with Crippen LogP contribution in [-0.4, -0.2) is 15.9 Å². The molecule has 4 nitrogen and oxygen atoms in total. The lowest BCUT2D eigenvalue weighted by Gasteiger charge is -2.18. The number of hydrogen-bond acceptors (Lipinski definition) is 3. The molecule has 1 heterocycles. The number of halogens is 5. The van der Waals surface area contributed by atoms with E-state index >= 15 is 0 Å². The molecule has 0 aliphatic carbocycles. The molecule has 0 saturated heterocycles. The Morgan fingerprint density at radius 3 is 2.28 bits per heavy atom. The normalized spacial score (nSPS) is 12.0. The van der Waals surface area contributed by atoms with Gasteiger partial charge >= 0.3 is 6.18 Å². The van der Waals surface area contributed by atoms with Gasteiger partial charge in [-0.1, -0.05) is 53.5 Å². The first kappa shape index (κ1) is 21.9. The largest absolute Gasteiger partial charge is 0.494 e. The van der Waals surface area contributed by atoms with Crippen LogP contribution in [-0.2, 0) is 6.18 Å². The van der Waals surface area contributed by atoms with E-state index in [2.05, 4.69) is 4.99 Å². The second-order valence-electron chi connectivity index (χ2n) is 6.79. The molecule has 0 atom stereocenters. The molecular weight excluding hydrogens is 464 g/mol. The first-order chi connectivity index (χ1) is 15.2. The highest BCUT2D eigenvalue weighted by atomic mass is 35.5. The number of aliphatic imine (C=N–C) groups is 1. The van der Waals surface area contributed by atoms with Crippen molar-refractivity contribution in [1.29, 1.82) is 0 Å². The van der Waals surface area contributed by atoms with Crippen molar-refractivity contribution in [2.24, 2.45) is 4.99 Å². The van der Waals surface area contributed by atoms with Gasteiger partial charge in [-0.2, -0.15) is 13.2 Å². The Hall–Kier alpha value is -3.29. The first-order valence-corrected chi connectivity index (χ1v) is 9.96. The van der Waals surface area contributed by atoms with Gasteiger partial charge in [-0.3, -0.25) is 9.79 Å². The Morgan fingerprint density at radius 2 is 1.59 bits per heavy atom. The summed E-state index contributed by atoms with van der Waals surface area (Å²) in [5.41, 5.74) is -1.96. The highest BCUT2D eigenvalue weighted by Gasteiger charge is 2.34. The van der Waals surface area contributed by atoms with E-state index in [1.807, 2.05) is 0 Å². The zero-order valence-electron chi connectivity index (χ0n) is 16.1. The molecule has 0 radical (unpaired) electrons. The molecule has 0 fully saturated rings. The van der Waals surface area contributed by atoms with Gasteiger partial charge in [0, 0.05) is 22.0 Å². The van der Waals surface area contributed by atoms with Crippen molar-refractivity contribution < 1.29 is 18.3 Å². The van der Waals surface area contributed by atoms with Gasteiger partial charge < -0.3 is 5.11 Å². The molecule has 9 heteroatoms. The predicted molar refractivity (Wildman–Crippen MR) is 120 cm³/mol. The van der Waals surface area contributed by atoms with Gasteiger partial charge in [0.1, 0.15) is 0 Å². The molecule has 0 aliphatic rings. The van der Waals surface area contributed by atoms with E-state index in [1.54, 1.807) is 30.3 Å². The summed E-state index contributed by atoms with van der Waals surface area (Å²) >= 11 is 12.0. The molecule has 3 aromatic carbocycles. The number of nitrogens with zero attached hydrogens (tertiary/aromatic N) is 2. The number of rotatable bonds is 3. The Bertz CT molecular complexity index is 1430. The highest BCUT2D eigenvalue weighted by Crippen LogP contribution is 2.36. The van der Waals surface area contributed by atoms with Crippen molar-refractivity contribution in [2.75, 3.05) is 0 Å². The first-order valence-electron chi connectivity index (χ1n) is 9.21. The Balaban J connectivity index is 2.02. The summed E-state index contributed by atoms with van der Waals surface area (Å²) in [5.74, 6) is -0.681. The number of aromatic nitrogens is 1. The van der Waals surface area contributed by atoms with Gasteiger partial charge in [0.15, 0.2) is 0 Å². The third-order valence-electron chi connectivity index (χ3n) is 4.80. The Morgan fingerprint density at radius 1 is 0.938 bits per heavy atom. The fraction of sp³-hybridized carbons (Fsp3) is 0.0435. The minimum Gasteiger partial charge on any atom is -0.494 e. The van der Waals surface area contributed by atoms with Crippen LogP contribution in [0.1, 0.15) is 11.1 Å². The summed E-state index contributed by atoms with van der Waals surface area (Å²) in [5, 5.41) is 12.0. The van der Waals surface area contributed by atoms with E-state index in [9.17, 15) is 23.1 Å². The van der Waals surface area contributed by atoms with Gasteiger partial charge in [0.25, 0.3) is 5.56 Å². The molecule has 4 aromatic rings. The number of para-hydroxylation sites is 1. The van der Waals surface area contributed by atoms with Crippen molar-refractivity contribution >= 4 is 45.9 Å². The summed E-state index contributed by atoms with van der Waals surface area (Å²) in [7, 11) is 0. The van der Waals surface area contributed by atoms with Crippen LogP contribution in [0.5, 0.6) is 5.88 Å². The van der Waals surface area contributed by atoms with Crippen LogP contribution in [0.3, 0.4) is 0 Å². The molecule has 1 aromatic heterocycles. The van der Waals surface area contributed by atoms with Crippen LogP contribution in [0.2, 0.25) is 10.0 Å². The number of benzene rings is 3. The number of alkyl halides is 3. The molecule has 0 saturated carbocycles. The summed E-state index contributed by atoms with van der Waals surface area (Å²) in [4.78, 5) is 17.4. The number of hydrogen-bond donors (Lipinski definition) is 1. The van der Waals surface area contributed by atoms with Crippen LogP contribution in [0.15, 0.2) is 76.5 Å². The number of fused-ring (bicyclic) bond motifs is 1. The van der Waals surface area contributed by atoms with Gasteiger partial charge in [0.2, 0.25) is 5.88 Å². The van der Waals surface area contributed by atoms with Crippen molar-refractivity contribution in [3.63, 3.8) is 0 Å². The molecule has 1 N–H and O–H groups in total. The minimum atomic E-state index is -4.74. The molecule has 4 rings (SSSR count). The molecule has 0 aliphatic heterocycles. The third kappa shape index (κ3) is 3.97. The van der Waals surface area contributed by atoms with Crippen molar-refractivity contribution in [1.82, 2.24) is 4.57 Å². The van der Waals surface area contributed by atoms with Gasteiger partial charge in [-0.05, 0) is 36.4 Å². The molecule has 162 valence electrons. The van der Waals surface area contributed by atoms with Crippen LogP contribution >= 0.6 is 23.2 Å². The maximum absolute atomic E-state index is 13.6. The maximum Gasteiger partial charge on any atom is 0.418 e. The lowest BCUT2D eigenvalue weighted by atomic mass is 10.1. The second-order valence-corrected chi connectivity index (χ2v) is 7.64. The van der Waals surface area contributed by atoms with Crippen molar-refractivity contribution in [3.8, 4) is 11.6 Å². The predicted octanol–water partition coefficient (Wildman–Crippen LogP) is 6.77. The van der Waals surface area contributed by atoms with Crippen molar-refractivity contribution in [3.05, 3.63) is 98.3 Å². The summed E-state index contributed by atoms with van der Waals surface area (Å²) in [6.07, 6.45) is -3.49. The van der Waals surface area contributed by atoms with Gasteiger partial charge in [-0.25, -0.2) is 4.57 Å². The van der Waals surface area contributed by atoms with Gasteiger partial charge in [-0.15, -0.1) is 0 Å². The van der Waals surface area contributed by atoms with E-state index in [0.717, 1.165) is 12.1 Å². The summed E-state index contributed by atoms with van der Waals surface area (Å²) in [6.45, 7) is 0. The van der Waals surface area contributed by atoms with E-state index in [1.165, 1.54) is 30.5 Å². The molecular formula is C23H13Cl2F3N2O2. The second kappa shape index (κ2) is 8.33. The van der Waals surface area contributed by atoms with E-state index in [-0.39, 0.29) is 16.0 Å². The zero-order valence-corrected chi connectivity index (χ0v) is 17.6. The van der Waals surface area contributed by atoms with Crippen LogP contribution < -0.4 is 5.56 Å².